The van der Waals surface area contributed by atoms with Crippen LogP contribution in [0.4, 0.5) is 24.5 Å². The van der Waals surface area contributed by atoms with Crippen LogP contribution in [0.2, 0.25) is 0 Å². The fraction of sp³-hybridized carbons (Fsp3) is 0.435. The average Bonchev–Trinajstić information content (AvgIpc) is 2.84. The van der Waals surface area contributed by atoms with Crippen LogP contribution in [0.5, 0.6) is 0 Å². The maximum absolute atomic E-state index is 13.3. The molecule has 2 fully saturated rings. The number of nitrogens with one attached hydrogen (secondary N) is 1. The number of ether oxygens (including phenoxy) is 1. The number of alkyl halides is 3. The van der Waals surface area contributed by atoms with E-state index in [4.69, 9.17) is 4.74 Å². The Morgan fingerprint density at radius 1 is 0.941 bits per heavy atom. The summed E-state index contributed by atoms with van der Waals surface area (Å²) in [4.78, 5) is 14.9. The fourth-order valence-corrected chi connectivity index (χ4v) is 5.70. The lowest BCUT2D eigenvalue weighted by Crippen LogP contribution is -2.37. The van der Waals surface area contributed by atoms with Crippen LogP contribution in [0.25, 0.3) is 0 Å². The lowest BCUT2D eigenvalue weighted by atomic mass is 10.1. The summed E-state index contributed by atoms with van der Waals surface area (Å²) in [7, 11) is -3.76. The quantitative estimate of drug-likeness (QED) is 0.677. The molecule has 2 saturated heterocycles. The standard InChI is InChI=1S/C23H26F3N3O4S/c24-23(25,26)18-7-8-21(28-11-13-33-14-12-28)20(16-18)27-22(30)17-5-4-6-19(15-17)34(31,32)29-9-2-1-3-10-29/h4-8,15-16H,1-3,9-14H2,(H,27,30). The Labute approximate surface area is 196 Å². The number of benzene rings is 2. The number of sulfonamides is 1. The van der Waals surface area contributed by atoms with Crippen molar-refractivity contribution in [2.45, 2.75) is 30.3 Å². The van der Waals surface area contributed by atoms with Crippen molar-refractivity contribution in [1.82, 2.24) is 4.31 Å². The van der Waals surface area contributed by atoms with Crippen molar-refractivity contribution in [3.8, 4) is 0 Å². The van der Waals surface area contributed by atoms with Crippen LogP contribution < -0.4 is 10.2 Å². The molecular formula is C23H26F3N3O4S. The maximum atomic E-state index is 13.3. The molecule has 0 bridgehead atoms. The first kappa shape index (κ1) is 24.5. The number of anilines is 2. The number of hydrogen-bond acceptors (Lipinski definition) is 5. The second-order valence-corrected chi connectivity index (χ2v) is 10.2. The van der Waals surface area contributed by atoms with Gasteiger partial charge in [-0.2, -0.15) is 17.5 Å². The van der Waals surface area contributed by atoms with Gasteiger partial charge in [0.25, 0.3) is 5.91 Å². The highest BCUT2D eigenvalue weighted by Crippen LogP contribution is 2.36. The minimum Gasteiger partial charge on any atom is -0.378 e. The van der Waals surface area contributed by atoms with Crippen LogP contribution in [-0.4, -0.2) is 58.0 Å². The number of rotatable bonds is 5. The Kier molecular flexibility index (Phi) is 7.15. The van der Waals surface area contributed by atoms with Crippen molar-refractivity contribution in [1.29, 1.82) is 0 Å². The highest BCUT2D eigenvalue weighted by atomic mass is 32.2. The zero-order valence-electron chi connectivity index (χ0n) is 18.5. The van der Waals surface area contributed by atoms with Crippen LogP contribution in [0.3, 0.4) is 0 Å². The van der Waals surface area contributed by atoms with Crippen LogP contribution in [0, 0.1) is 0 Å². The van der Waals surface area contributed by atoms with E-state index in [1.54, 1.807) is 0 Å². The van der Waals surface area contributed by atoms with Crippen molar-refractivity contribution >= 4 is 27.3 Å². The molecule has 0 radical (unpaired) electrons. The van der Waals surface area contributed by atoms with Crippen LogP contribution in [0.15, 0.2) is 47.4 Å². The van der Waals surface area contributed by atoms with E-state index < -0.39 is 27.7 Å². The second kappa shape index (κ2) is 9.93. The Morgan fingerprint density at radius 2 is 1.65 bits per heavy atom. The van der Waals surface area contributed by atoms with E-state index in [1.807, 2.05) is 4.90 Å². The molecule has 2 aliphatic heterocycles. The molecule has 2 aliphatic rings. The molecule has 11 heteroatoms. The van der Waals surface area contributed by atoms with E-state index in [0.29, 0.717) is 45.1 Å². The number of morpholine rings is 1. The number of carbonyl (C=O) groups excluding carboxylic acids is 1. The molecule has 4 rings (SSSR count). The van der Waals surface area contributed by atoms with Gasteiger partial charge in [-0.25, -0.2) is 8.42 Å². The SMILES string of the molecule is O=C(Nc1cc(C(F)(F)F)ccc1N1CCOCC1)c1cccc(S(=O)(=O)N2CCCCC2)c1. The van der Waals surface area contributed by atoms with Gasteiger partial charge in [-0.15, -0.1) is 0 Å². The van der Waals surface area contributed by atoms with Gasteiger partial charge in [0, 0.05) is 31.7 Å². The third kappa shape index (κ3) is 5.37. The lowest BCUT2D eigenvalue weighted by molar-refractivity contribution is -0.137. The summed E-state index contributed by atoms with van der Waals surface area (Å²) in [5, 5.41) is 2.56. The monoisotopic (exact) mass is 497 g/mol. The summed E-state index contributed by atoms with van der Waals surface area (Å²) < 4.78 is 72.7. The van der Waals surface area contributed by atoms with Crippen molar-refractivity contribution < 1.29 is 31.1 Å². The van der Waals surface area contributed by atoms with Gasteiger partial charge in [-0.05, 0) is 49.2 Å². The highest BCUT2D eigenvalue weighted by Gasteiger charge is 2.32. The summed E-state index contributed by atoms with van der Waals surface area (Å²) in [6.07, 6.45) is -2.05. The molecule has 0 spiro atoms. The summed E-state index contributed by atoms with van der Waals surface area (Å²) in [6.45, 7) is 2.63. The van der Waals surface area contributed by atoms with Crippen LogP contribution in [-0.2, 0) is 20.9 Å². The van der Waals surface area contributed by atoms with Crippen LogP contribution >= 0.6 is 0 Å². The van der Waals surface area contributed by atoms with Gasteiger partial charge in [-0.1, -0.05) is 12.5 Å². The molecule has 34 heavy (non-hydrogen) atoms. The fourth-order valence-electron chi connectivity index (χ4n) is 4.14. The molecule has 0 unspecified atom stereocenters. The molecule has 0 atom stereocenters. The van der Waals surface area contributed by atoms with Crippen molar-refractivity contribution in [3.63, 3.8) is 0 Å². The maximum Gasteiger partial charge on any atom is 0.416 e. The van der Waals surface area contributed by atoms with Gasteiger partial charge in [-0.3, -0.25) is 4.79 Å². The molecule has 1 N–H and O–H groups in total. The number of nitrogens with zero attached hydrogens (tertiary/aromatic N) is 2. The Hall–Kier alpha value is -2.63. The molecule has 0 aromatic heterocycles. The molecular weight excluding hydrogens is 471 g/mol. The van der Waals surface area contributed by atoms with Crippen LogP contribution in [0.1, 0.15) is 35.2 Å². The first-order valence-electron chi connectivity index (χ1n) is 11.1. The van der Waals surface area contributed by atoms with E-state index in [0.717, 1.165) is 31.4 Å². The number of hydrogen-bond donors (Lipinski definition) is 1. The van der Waals surface area contributed by atoms with Crippen molar-refractivity contribution in [2.24, 2.45) is 0 Å². The summed E-state index contributed by atoms with van der Waals surface area (Å²) >= 11 is 0. The molecule has 1 amide bonds. The third-order valence-electron chi connectivity index (χ3n) is 5.97. The largest absolute Gasteiger partial charge is 0.416 e. The molecule has 0 aliphatic carbocycles. The number of amides is 1. The van der Waals surface area contributed by atoms with Gasteiger partial charge in [0.15, 0.2) is 0 Å². The van der Waals surface area contributed by atoms with Gasteiger partial charge in [0.2, 0.25) is 10.0 Å². The first-order valence-corrected chi connectivity index (χ1v) is 12.6. The van der Waals surface area contributed by atoms with Crippen molar-refractivity contribution in [2.75, 3.05) is 49.6 Å². The average molecular weight is 498 g/mol. The molecule has 7 nitrogen and oxygen atoms in total. The van der Waals surface area contributed by atoms with E-state index in [9.17, 15) is 26.4 Å². The van der Waals surface area contributed by atoms with E-state index >= 15 is 0 Å². The van der Waals surface area contributed by atoms with E-state index in [2.05, 4.69) is 5.32 Å². The molecule has 184 valence electrons. The lowest BCUT2D eigenvalue weighted by Gasteiger charge is -2.31. The van der Waals surface area contributed by atoms with Gasteiger partial charge >= 0.3 is 6.18 Å². The Morgan fingerprint density at radius 3 is 2.32 bits per heavy atom. The van der Waals surface area contributed by atoms with E-state index in [-0.39, 0.29) is 16.1 Å². The summed E-state index contributed by atoms with van der Waals surface area (Å²) in [5.74, 6) is -0.690. The number of carbonyl (C=O) groups is 1. The zero-order chi connectivity index (χ0) is 24.3. The van der Waals surface area contributed by atoms with Gasteiger partial charge < -0.3 is 15.0 Å². The predicted octanol–water partition coefficient (Wildman–Crippen LogP) is 3.97. The first-order chi connectivity index (χ1) is 16.2. The van der Waals surface area contributed by atoms with Gasteiger partial charge in [0.1, 0.15) is 0 Å². The zero-order valence-corrected chi connectivity index (χ0v) is 19.3. The topological polar surface area (TPSA) is 79.0 Å². The molecule has 2 aromatic carbocycles. The third-order valence-corrected chi connectivity index (χ3v) is 7.87. The molecule has 2 heterocycles. The minimum atomic E-state index is -4.58. The predicted molar refractivity (Wildman–Crippen MR) is 121 cm³/mol. The number of halogens is 3. The van der Waals surface area contributed by atoms with E-state index in [1.165, 1.54) is 34.6 Å². The highest BCUT2D eigenvalue weighted by molar-refractivity contribution is 7.89. The normalized spacial score (nSPS) is 18.0. The second-order valence-electron chi connectivity index (χ2n) is 8.28. The number of piperidine rings is 1. The van der Waals surface area contributed by atoms with Gasteiger partial charge in [0.05, 0.1) is 35.0 Å². The molecule has 2 aromatic rings. The minimum absolute atomic E-state index is 0.00557. The summed E-state index contributed by atoms with van der Waals surface area (Å²) in [5.41, 5.74) is -0.391. The molecule has 0 saturated carbocycles. The smallest absolute Gasteiger partial charge is 0.378 e. The summed E-state index contributed by atoms with van der Waals surface area (Å²) in [6, 6.07) is 8.79. The van der Waals surface area contributed by atoms with Crippen molar-refractivity contribution in [3.05, 3.63) is 53.6 Å². The Balaban J connectivity index is 1.62. The Bertz CT molecular complexity index is 1140.